The largest absolute Gasteiger partial charge is 0.491 e. The maximum absolute atomic E-state index is 12.7. The van der Waals surface area contributed by atoms with Gasteiger partial charge in [-0.25, -0.2) is 4.98 Å². The minimum atomic E-state index is 0.0483. The van der Waals surface area contributed by atoms with Gasteiger partial charge in [-0.1, -0.05) is 12.1 Å². The van der Waals surface area contributed by atoms with Gasteiger partial charge in [-0.15, -0.1) is 0 Å². The zero-order chi connectivity index (χ0) is 15.2. The van der Waals surface area contributed by atoms with Crippen LogP contribution >= 0.6 is 0 Å². The van der Waals surface area contributed by atoms with Crippen LogP contribution < -0.4 is 4.74 Å². The summed E-state index contributed by atoms with van der Waals surface area (Å²) in [5.41, 5.74) is 0.681. The quantitative estimate of drug-likeness (QED) is 0.769. The number of Topliss-reactive ketones (excluding diaryl/α,β-unsaturated/α-hetero) is 1. The highest BCUT2D eigenvalue weighted by molar-refractivity contribution is 6.00. The number of ketones is 1. The highest BCUT2D eigenvalue weighted by Gasteiger charge is 2.24. The van der Waals surface area contributed by atoms with Gasteiger partial charge in [0.1, 0.15) is 12.4 Å². The fourth-order valence-electron chi connectivity index (χ4n) is 2.66. The average molecular weight is 300 g/mol. The molecule has 0 aliphatic carbocycles. The first-order chi connectivity index (χ1) is 10.8. The molecule has 116 valence electrons. The summed E-state index contributed by atoms with van der Waals surface area (Å²) >= 11 is 0. The number of nitrogens with zero attached hydrogens (tertiary/aromatic N) is 2. The van der Waals surface area contributed by atoms with E-state index in [1.807, 2.05) is 35.0 Å². The molecule has 2 heterocycles. The summed E-state index contributed by atoms with van der Waals surface area (Å²) in [5, 5.41) is 0. The molecular weight excluding hydrogens is 280 g/mol. The lowest BCUT2D eigenvalue weighted by Gasteiger charge is -2.21. The van der Waals surface area contributed by atoms with E-state index in [4.69, 9.17) is 9.47 Å². The molecule has 0 radical (unpaired) electrons. The number of rotatable bonds is 6. The van der Waals surface area contributed by atoms with E-state index in [0.29, 0.717) is 37.7 Å². The summed E-state index contributed by atoms with van der Waals surface area (Å²) in [5.74, 6) is 0.882. The second-order valence-corrected chi connectivity index (χ2v) is 5.40. The summed E-state index contributed by atoms with van der Waals surface area (Å²) in [6.07, 6.45) is 6.97. The number of ether oxygens (including phenoxy) is 2. The molecule has 0 N–H and O–H groups in total. The van der Waals surface area contributed by atoms with Gasteiger partial charge < -0.3 is 14.0 Å². The van der Waals surface area contributed by atoms with Crippen molar-refractivity contribution < 1.29 is 14.3 Å². The maximum Gasteiger partial charge on any atom is 0.169 e. The molecule has 0 unspecified atom stereocenters. The van der Waals surface area contributed by atoms with Crippen molar-refractivity contribution in [1.82, 2.24) is 9.55 Å². The van der Waals surface area contributed by atoms with E-state index in [9.17, 15) is 4.79 Å². The Kier molecular flexibility index (Phi) is 4.85. The Morgan fingerprint density at radius 3 is 2.91 bits per heavy atom. The van der Waals surface area contributed by atoms with Crippen LogP contribution in [0.15, 0.2) is 43.0 Å². The second-order valence-electron chi connectivity index (χ2n) is 5.40. The predicted molar refractivity (Wildman–Crippen MR) is 82.0 cm³/mol. The third kappa shape index (κ3) is 3.54. The summed E-state index contributed by atoms with van der Waals surface area (Å²) < 4.78 is 13.1. The Hall–Kier alpha value is -2.14. The molecule has 0 saturated carbocycles. The molecule has 1 fully saturated rings. The number of para-hydroxylation sites is 1. The van der Waals surface area contributed by atoms with E-state index in [1.54, 1.807) is 12.5 Å². The van der Waals surface area contributed by atoms with Gasteiger partial charge in [0.15, 0.2) is 5.78 Å². The molecule has 0 bridgehead atoms. The van der Waals surface area contributed by atoms with Crippen LogP contribution in [0.2, 0.25) is 0 Å². The first kappa shape index (κ1) is 14.8. The molecule has 1 aromatic carbocycles. The Morgan fingerprint density at radius 1 is 1.32 bits per heavy atom. The number of benzene rings is 1. The number of imidazole rings is 1. The second kappa shape index (κ2) is 7.22. The van der Waals surface area contributed by atoms with Crippen molar-refractivity contribution in [2.24, 2.45) is 5.92 Å². The SMILES string of the molecule is O=C(c1ccccc1OCCn1ccnc1)C1CCOCC1. The maximum atomic E-state index is 12.7. The number of carbonyl (C=O) groups is 1. The monoisotopic (exact) mass is 300 g/mol. The van der Waals surface area contributed by atoms with Crippen molar-refractivity contribution >= 4 is 5.78 Å². The molecule has 5 nitrogen and oxygen atoms in total. The van der Waals surface area contributed by atoms with Crippen LogP contribution in [0.3, 0.4) is 0 Å². The number of aromatic nitrogens is 2. The molecule has 5 heteroatoms. The molecule has 1 saturated heterocycles. The van der Waals surface area contributed by atoms with E-state index >= 15 is 0 Å². The lowest BCUT2D eigenvalue weighted by atomic mass is 9.90. The summed E-state index contributed by atoms with van der Waals surface area (Å²) in [6, 6.07) is 7.49. The van der Waals surface area contributed by atoms with E-state index in [2.05, 4.69) is 4.98 Å². The zero-order valence-electron chi connectivity index (χ0n) is 12.5. The van der Waals surface area contributed by atoms with Crippen molar-refractivity contribution in [3.05, 3.63) is 48.5 Å². The van der Waals surface area contributed by atoms with Crippen LogP contribution in [0, 0.1) is 5.92 Å². The first-order valence-corrected chi connectivity index (χ1v) is 7.64. The molecular formula is C17H20N2O3. The molecule has 22 heavy (non-hydrogen) atoms. The van der Waals surface area contributed by atoms with Gasteiger partial charge in [0.25, 0.3) is 0 Å². The number of hydrogen-bond donors (Lipinski definition) is 0. The summed E-state index contributed by atoms with van der Waals surface area (Å²) in [7, 11) is 0. The number of hydrogen-bond acceptors (Lipinski definition) is 4. The molecule has 1 aliphatic rings. The lowest BCUT2D eigenvalue weighted by molar-refractivity contribution is 0.0542. The van der Waals surface area contributed by atoms with E-state index in [-0.39, 0.29) is 11.7 Å². The minimum absolute atomic E-state index is 0.0483. The summed E-state index contributed by atoms with van der Waals surface area (Å²) in [6.45, 7) is 2.55. The van der Waals surface area contributed by atoms with Gasteiger partial charge in [0.05, 0.1) is 18.4 Å². The predicted octanol–water partition coefficient (Wildman–Crippen LogP) is 2.57. The fourth-order valence-corrected chi connectivity index (χ4v) is 2.66. The molecule has 1 aromatic heterocycles. The molecule has 1 aliphatic heterocycles. The van der Waals surface area contributed by atoms with Crippen LogP contribution in [0.4, 0.5) is 0 Å². The standard InChI is InChI=1S/C17H20N2O3/c20-17(14-5-10-21-11-6-14)15-3-1-2-4-16(15)22-12-9-19-8-7-18-13-19/h1-4,7-8,13-14H,5-6,9-12H2. The van der Waals surface area contributed by atoms with Crippen LogP contribution in [0.5, 0.6) is 5.75 Å². The Bertz CT molecular complexity index is 604. The lowest BCUT2D eigenvalue weighted by Crippen LogP contribution is -2.24. The van der Waals surface area contributed by atoms with Crippen LogP contribution in [0.25, 0.3) is 0 Å². The van der Waals surface area contributed by atoms with Gasteiger partial charge in [0.2, 0.25) is 0 Å². The molecule has 0 amide bonds. The zero-order valence-corrected chi connectivity index (χ0v) is 12.5. The van der Waals surface area contributed by atoms with Gasteiger partial charge in [-0.05, 0) is 25.0 Å². The van der Waals surface area contributed by atoms with E-state index in [0.717, 1.165) is 12.8 Å². The van der Waals surface area contributed by atoms with Gasteiger partial charge in [0, 0.05) is 31.5 Å². The average Bonchev–Trinajstić information content (AvgIpc) is 3.09. The Labute approximate surface area is 129 Å². The van der Waals surface area contributed by atoms with Crippen LogP contribution in [-0.2, 0) is 11.3 Å². The highest BCUT2D eigenvalue weighted by atomic mass is 16.5. The van der Waals surface area contributed by atoms with Gasteiger partial charge in [-0.3, -0.25) is 4.79 Å². The van der Waals surface area contributed by atoms with Crippen molar-refractivity contribution in [3.8, 4) is 5.75 Å². The van der Waals surface area contributed by atoms with Crippen molar-refractivity contribution in [3.63, 3.8) is 0 Å². The summed E-state index contributed by atoms with van der Waals surface area (Å²) in [4.78, 5) is 16.7. The molecule has 2 aromatic rings. The Balaban J connectivity index is 1.65. The van der Waals surface area contributed by atoms with Crippen LogP contribution in [-0.4, -0.2) is 35.2 Å². The Morgan fingerprint density at radius 2 is 2.14 bits per heavy atom. The fraction of sp³-hybridized carbons (Fsp3) is 0.412. The first-order valence-electron chi connectivity index (χ1n) is 7.64. The van der Waals surface area contributed by atoms with E-state index in [1.165, 1.54) is 0 Å². The smallest absolute Gasteiger partial charge is 0.169 e. The third-order valence-electron chi connectivity index (χ3n) is 3.91. The normalized spacial score (nSPS) is 15.6. The third-order valence-corrected chi connectivity index (χ3v) is 3.91. The van der Waals surface area contributed by atoms with Gasteiger partial charge >= 0.3 is 0 Å². The molecule has 0 atom stereocenters. The van der Waals surface area contributed by atoms with Crippen molar-refractivity contribution in [2.45, 2.75) is 19.4 Å². The highest BCUT2D eigenvalue weighted by Crippen LogP contribution is 2.26. The van der Waals surface area contributed by atoms with Crippen molar-refractivity contribution in [1.29, 1.82) is 0 Å². The molecule has 3 rings (SSSR count). The van der Waals surface area contributed by atoms with Gasteiger partial charge in [-0.2, -0.15) is 0 Å². The number of carbonyl (C=O) groups excluding carboxylic acids is 1. The topological polar surface area (TPSA) is 53.4 Å². The minimum Gasteiger partial charge on any atom is -0.491 e. The van der Waals surface area contributed by atoms with Crippen molar-refractivity contribution in [2.75, 3.05) is 19.8 Å². The van der Waals surface area contributed by atoms with E-state index < -0.39 is 0 Å². The molecule has 0 spiro atoms. The van der Waals surface area contributed by atoms with Crippen LogP contribution in [0.1, 0.15) is 23.2 Å².